The second-order valence-electron chi connectivity index (χ2n) is 0.973. The molecule has 46 valence electrons. The second kappa shape index (κ2) is 4.07. The van der Waals surface area contributed by atoms with Crippen LogP contribution in [0, 0.1) is 0 Å². The molecule has 0 aliphatic heterocycles. The van der Waals surface area contributed by atoms with Gasteiger partial charge in [-0.2, -0.15) is 0 Å². The van der Waals surface area contributed by atoms with Crippen molar-refractivity contribution in [1.29, 1.82) is 0 Å². The maximum atomic E-state index is 9.94. The van der Waals surface area contributed by atoms with E-state index in [4.69, 9.17) is 0 Å². The van der Waals surface area contributed by atoms with Gasteiger partial charge in [-0.3, -0.25) is 4.79 Å². The molecule has 0 aromatic carbocycles. The highest BCUT2D eigenvalue weighted by Gasteiger charge is 1.82. The van der Waals surface area contributed by atoms with Crippen LogP contribution in [0.4, 0.5) is 0 Å². The molecule has 0 rings (SSSR count). The Morgan fingerprint density at radius 3 is 3.00 bits per heavy atom. The number of ether oxygens (including phenoxy) is 1. The first-order chi connectivity index (χ1) is 3.77. The maximum Gasteiger partial charge on any atom is 0.308 e. The number of esters is 1. The third-order valence-corrected chi connectivity index (χ3v) is 0.346. The molecule has 0 saturated heterocycles. The van der Waals surface area contributed by atoms with Crippen molar-refractivity contribution in [3.63, 3.8) is 0 Å². The normalized spacial score (nSPS) is 9.25. The van der Waals surface area contributed by atoms with Crippen molar-refractivity contribution in [3.8, 4) is 0 Å². The fraction of sp³-hybridized carbons (Fsp3) is 0.333. The number of hydrazine groups is 1. The third-order valence-electron chi connectivity index (χ3n) is 0.346. The van der Waals surface area contributed by atoms with E-state index in [1.165, 1.54) is 6.92 Å². The molecular weight excluding hydrogens is 110 g/mol. The van der Waals surface area contributed by atoms with Crippen molar-refractivity contribution in [2.24, 2.45) is 10.9 Å². The zero-order chi connectivity index (χ0) is 6.41. The molecule has 5 nitrogen and oxygen atoms in total. The molecule has 0 aliphatic rings. The van der Waals surface area contributed by atoms with Gasteiger partial charge in [0.05, 0.1) is 0 Å². The lowest BCUT2D eigenvalue weighted by atomic mass is 10.8. The van der Waals surface area contributed by atoms with Gasteiger partial charge in [-0.05, 0) is 0 Å². The SMILES string of the molecule is CC(=O)OC=NNN. The van der Waals surface area contributed by atoms with E-state index in [0.717, 1.165) is 6.40 Å². The van der Waals surface area contributed by atoms with E-state index in [-0.39, 0.29) is 0 Å². The summed E-state index contributed by atoms with van der Waals surface area (Å²) in [6, 6.07) is 0. The Labute approximate surface area is 46.5 Å². The number of hydrogen-bond acceptors (Lipinski definition) is 5. The van der Waals surface area contributed by atoms with Gasteiger partial charge in [-0.15, -0.1) is 5.10 Å². The summed E-state index contributed by atoms with van der Waals surface area (Å²) in [6.45, 7) is 1.27. The summed E-state index contributed by atoms with van der Waals surface area (Å²) in [6.07, 6.45) is 0.919. The zero-order valence-corrected chi connectivity index (χ0v) is 4.42. The molecule has 0 bridgehead atoms. The molecule has 0 amide bonds. The van der Waals surface area contributed by atoms with Crippen LogP contribution in [-0.4, -0.2) is 12.4 Å². The highest BCUT2D eigenvalue weighted by atomic mass is 16.5. The van der Waals surface area contributed by atoms with Gasteiger partial charge < -0.3 is 4.74 Å². The second-order valence-corrected chi connectivity index (χ2v) is 0.973. The molecule has 0 unspecified atom stereocenters. The number of carbonyl (C=O) groups is 1. The number of nitrogens with two attached hydrogens (primary N) is 1. The van der Waals surface area contributed by atoms with E-state index in [0.29, 0.717) is 0 Å². The molecular formula is C3H7N3O2. The van der Waals surface area contributed by atoms with Crippen molar-refractivity contribution in [1.82, 2.24) is 5.53 Å². The predicted octanol–water partition coefficient (Wildman–Crippen LogP) is -1.04. The Kier molecular flexibility index (Phi) is 3.51. The number of rotatable bonds is 2. The van der Waals surface area contributed by atoms with Crippen LogP contribution < -0.4 is 11.4 Å². The van der Waals surface area contributed by atoms with Crippen molar-refractivity contribution < 1.29 is 9.53 Å². The van der Waals surface area contributed by atoms with E-state index in [1.54, 1.807) is 0 Å². The lowest BCUT2D eigenvalue weighted by Gasteiger charge is -1.87. The fourth-order valence-corrected chi connectivity index (χ4v) is 0.131. The quantitative estimate of drug-likeness (QED) is 0.159. The number of hydrogen-bond donors (Lipinski definition) is 2. The molecule has 0 atom stereocenters. The molecule has 8 heavy (non-hydrogen) atoms. The van der Waals surface area contributed by atoms with Crippen LogP contribution in [0.3, 0.4) is 0 Å². The molecule has 0 saturated carbocycles. The predicted molar refractivity (Wildman–Crippen MR) is 27.6 cm³/mol. The topological polar surface area (TPSA) is 76.7 Å². The number of nitrogens with zero attached hydrogens (tertiary/aromatic N) is 1. The summed E-state index contributed by atoms with van der Waals surface area (Å²) in [7, 11) is 0. The molecule has 0 radical (unpaired) electrons. The molecule has 0 aromatic heterocycles. The average Bonchev–Trinajstić information content (AvgIpc) is 1.66. The molecule has 3 N–H and O–H groups in total. The van der Waals surface area contributed by atoms with Crippen LogP contribution in [0.2, 0.25) is 0 Å². The molecule has 0 fully saturated rings. The van der Waals surface area contributed by atoms with E-state index in [1.807, 2.05) is 5.53 Å². The number of nitrogens with one attached hydrogen (secondary N) is 1. The zero-order valence-electron chi connectivity index (χ0n) is 4.42. The maximum absolute atomic E-state index is 9.94. The van der Waals surface area contributed by atoms with Gasteiger partial charge in [0, 0.05) is 6.92 Å². The molecule has 0 aliphatic carbocycles. The number of carbonyl (C=O) groups excluding carboxylic acids is 1. The summed E-state index contributed by atoms with van der Waals surface area (Å²) in [4.78, 5) is 9.94. The van der Waals surface area contributed by atoms with Gasteiger partial charge in [-0.25, -0.2) is 11.4 Å². The Morgan fingerprint density at radius 1 is 2.00 bits per heavy atom. The third kappa shape index (κ3) is 4.90. The summed E-state index contributed by atoms with van der Waals surface area (Å²) in [5.41, 5.74) is 1.92. The van der Waals surface area contributed by atoms with E-state index < -0.39 is 5.97 Å². The van der Waals surface area contributed by atoms with Crippen LogP contribution in [0.5, 0.6) is 0 Å². The van der Waals surface area contributed by atoms with Crippen LogP contribution >= 0.6 is 0 Å². The van der Waals surface area contributed by atoms with Gasteiger partial charge in [-0.1, -0.05) is 0 Å². The monoisotopic (exact) mass is 117 g/mol. The highest BCUT2D eigenvalue weighted by Crippen LogP contribution is 1.65. The summed E-state index contributed by atoms with van der Waals surface area (Å²) in [5.74, 6) is 4.25. The standard InChI is InChI=1S/C3H7N3O2/c1-3(7)8-2-5-6-4/h2,6H,4H2,1H3. The minimum Gasteiger partial charge on any atom is -0.413 e. The van der Waals surface area contributed by atoms with Crippen LogP contribution in [0.25, 0.3) is 0 Å². The summed E-state index contributed by atoms with van der Waals surface area (Å²) >= 11 is 0. The Morgan fingerprint density at radius 2 is 2.62 bits per heavy atom. The van der Waals surface area contributed by atoms with Crippen LogP contribution in [-0.2, 0) is 9.53 Å². The van der Waals surface area contributed by atoms with E-state index in [9.17, 15) is 4.79 Å². The summed E-state index contributed by atoms with van der Waals surface area (Å²) < 4.78 is 4.21. The van der Waals surface area contributed by atoms with Gasteiger partial charge in [0.2, 0.25) is 6.40 Å². The first-order valence-corrected chi connectivity index (χ1v) is 1.91. The van der Waals surface area contributed by atoms with E-state index in [2.05, 4.69) is 15.7 Å². The van der Waals surface area contributed by atoms with Crippen LogP contribution in [0.15, 0.2) is 5.10 Å². The smallest absolute Gasteiger partial charge is 0.308 e. The first kappa shape index (κ1) is 6.90. The Balaban J connectivity index is 3.16. The largest absolute Gasteiger partial charge is 0.413 e. The van der Waals surface area contributed by atoms with Gasteiger partial charge in [0.1, 0.15) is 0 Å². The average molecular weight is 117 g/mol. The molecule has 5 heteroatoms. The Bertz CT molecular complexity index is 101. The van der Waals surface area contributed by atoms with Gasteiger partial charge in [0.25, 0.3) is 0 Å². The lowest BCUT2D eigenvalue weighted by Crippen LogP contribution is -2.14. The van der Waals surface area contributed by atoms with Gasteiger partial charge in [0.15, 0.2) is 0 Å². The van der Waals surface area contributed by atoms with Crippen molar-refractivity contribution in [2.45, 2.75) is 6.92 Å². The summed E-state index contributed by atoms with van der Waals surface area (Å²) in [5, 5.41) is 3.17. The fourth-order valence-electron chi connectivity index (χ4n) is 0.131. The molecule has 0 heterocycles. The van der Waals surface area contributed by atoms with Crippen LogP contribution in [0.1, 0.15) is 6.92 Å². The Hall–Kier alpha value is -1.10. The highest BCUT2D eigenvalue weighted by molar-refractivity contribution is 5.75. The van der Waals surface area contributed by atoms with Crippen molar-refractivity contribution in [2.75, 3.05) is 0 Å². The first-order valence-electron chi connectivity index (χ1n) is 1.91. The van der Waals surface area contributed by atoms with Crippen molar-refractivity contribution >= 4 is 12.4 Å². The van der Waals surface area contributed by atoms with Gasteiger partial charge >= 0.3 is 5.97 Å². The minimum atomic E-state index is -0.427. The van der Waals surface area contributed by atoms with Crippen molar-refractivity contribution in [3.05, 3.63) is 0 Å². The number of hydrazone groups is 1. The van der Waals surface area contributed by atoms with E-state index >= 15 is 0 Å². The molecule has 0 spiro atoms. The molecule has 0 aromatic rings. The lowest BCUT2D eigenvalue weighted by molar-refractivity contribution is -0.132. The minimum absolute atomic E-state index is 0.427.